The summed E-state index contributed by atoms with van der Waals surface area (Å²) in [5.74, 6) is 0. The predicted octanol–water partition coefficient (Wildman–Crippen LogP) is 3.61. The molecule has 0 amide bonds. The van der Waals surface area contributed by atoms with Gasteiger partial charge in [-0.25, -0.2) is 0 Å². The van der Waals surface area contributed by atoms with Crippen molar-refractivity contribution in [1.29, 1.82) is 0 Å². The zero-order valence-electron chi connectivity index (χ0n) is 10.2. The van der Waals surface area contributed by atoms with Gasteiger partial charge in [-0.3, -0.25) is 10.1 Å². The number of nitro groups is 1. The molecule has 0 saturated carbocycles. The van der Waals surface area contributed by atoms with Gasteiger partial charge >= 0.3 is 0 Å². The van der Waals surface area contributed by atoms with Gasteiger partial charge in [0.25, 0.3) is 0 Å². The molecule has 2 aromatic carbocycles. The van der Waals surface area contributed by atoms with Crippen LogP contribution in [0.2, 0.25) is 0 Å². The summed E-state index contributed by atoms with van der Waals surface area (Å²) in [7, 11) is 0. The smallest absolute Gasteiger partial charge is 0.192 e. The normalized spacial score (nSPS) is 10.0. The number of nitrogens with zero attached hydrogens (tertiary/aromatic N) is 2. The summed E-state index contributed by atoms with van der Waals surface area (Å²) in [5.41, 5.74) is 1.35. The summed E-state index contributed by atoms with van der Waals surface area (Å²) in [6.07, 6.45) is 1.76. The van der Waals surface area contributed by atoms with Crippen molar-refractivity contribution in [2.24, 2.45) is 0 Å². The van der Waals surface area contributed by atoms with Gasteiger partial charge in [0.2, 0.25) is 0 Å². The van der Waals surface area contributed by atoms with Crippen LogP contribution in [0.15, 0.2) is 54.7 Å². The molecule has 0 spiro atoms. The van der Waals surface area contributed by atoms with E-state index in [-0.39, 0.29) is 25.8 Å². The van der Waals surface area contributed by atoms with Crippen LogP contribution in [0.4, 0.5) is 5.69 Å². The molecule has 0 aliphatic carbocycles. The minimum atomic E-state index is -0.418. The van der Waals surface area contributed by atoms with Gasteiger partial charge < -0.3 is 4.98 Å². The van der Waals surface area contributed by atoms with Gasteiger partial charge in [-0.2, -0.15) is 0 Å². The van der Waals surface area contributed by atoms with E-state index in [4.69, 9.17) is 0 Å². The van der Waals surface area contributed by atoms with Crippen LogP contribution in [0.1, 0.15) is 0 Å². The maximum atomic E-state index is 10.8. The second-order valence-corrected chi connectivity index (χ2v) is 4.13. The summed E-state index contributed by atoms with van der Waals surface area (Å²) >= 11 is 0. The van der Waals surface area contributed by atoms with E-state index in [9.17, 15) is 10.1 Å². The first-order chi connectivity index (χ1) is 9.24. The third-order valence-corrected chi connectivity index (χ3v) is 2.90. The van der Waals surface area contributed by atoms with Crippen LogP contribution in [-0.4, -0.2) is 9.91 Å². The van der Waals surface area contributed by atoms with Crippen molar-refractivity contribution < 1.29 is 25.0 Å². The summed E-state index contributed by atoms with van der Waals surface area (Å²) < 4.78 is 0. The molecule has 0 aliphatic heterocycles. The molecule has 0 unspecified atom stereocenters. The Morgan fingerprint density at radius 1 is 1.10 bits per heavy atom. The summed E-state index contributed by atoms with van der Waals surface area (Å²) in [6, 6.07) is 17.2. The Labute approximate surface area is 129 Å². The number of non-ortho nitro benzene ring substituents is 1. The number of fused-ring (bicyclic) bond motifs is 1. The molecule has 1 heterocycles. The maximum absolute atomic E-state index is 10.8. The third-order valence-electron chi connectivity index (χ3n) is 2.90. The molecule has 3 aromatic rings. The Kier molecular flexibility index (Phi) is 4.22. The van der Waals surface area contributed by atoms with Gasteiger partial charge in [-0.05, 0) is 16.5 Å². The van der Waals surface area contributed by atoms with E-state index in [1.807, 2.05) is 30.3 Å². The fourth-order valence-corrected chi connectivity index (χ4v) is 1.95. The topological polar surface area (TPSA) is 56.0 Å². The Bertz CT molecular complexity index is 774. The molecule has 0 bridgehead atoms. The van der Waals surface area contributed by atoms with Crippen LogP contribution in [0.5, 0.6) is 0 Å². The number of nitro benzene ring substituents is 1. The van der Waals surface area contributed by atoms with Crippen LogP contribution in [0, 0.1) is 16.2 Å². The Hall–Kier alpha value is -2.10. The first-order valence-electron chi connectivity index (χ1n) is 5.75. The van der Waals surface area contributed by atoms with Gasteiger partial charge in [-0.1, -0.05) is 42.5 Å². The largest absolute Gasteiger partial charge is 0.304 e. The number of pyridine rings is 1. The minimum absolute atomic E-state index is 0. The quantitative estimate of drug-likeness (QED) is 0.347. The van der Waals surface area contributed by atoms with E-state index in [1.165, 1.54) is 12.1 Å². The average molecular weight is 441 g/mol. The van der Waals surface area contributed by atoms with E-state index >= 15 is 0 Å². The zero-order valence-corrected chi connectivity index (χ0v) is 12.6. The SMILES string of the molecule is O=[N+]([O-])c1cc[c-]c(-c2cc3ccccc3cn2)c1.[Ir]. The molecule has 1 radical (unpaired) electrons. The molecule has 5 heteroatoms. The van der Waals surface area contributed by atoms with E-state index in [2.05, 4.69) is 11.1 Å². The number of benzene rings is 2. The zero-order chi connectivity index (χ0) is 13.2. The number of hydrogen-bond acceptors (Lipinski definition) is 3. The summed E-state index contributed by atoms with van der Waals surface area (Å²) in [5, 5.41) is 12.9. The van der Waals surface area contributed by atoms with Crippen molar-refractivity contribution >= 4 is 16.5 Å². The molecule has 0 atom stereocenters. The monoisotopic (exact) mass is 442 g/mol. The van der Waals surface area contributed by atoms with Gasteiger partial charge in [0, 0.05) is 31.2 Å². The fourth-order valence-electron chi connectivity index (χ4n) is 1.95. The molecule has 0 N–H and O–H groups in total. The molecule has 0 aliphatic rings. The van der Waals surface area contributed by atoms with Gasteiger partial charge in [-0.15, -0.1) is 17.7 Å². The van der Waals surface area contributed by atoms with Gasteiger partial charge in [0.15, 0.2) is 5.69 Å². The third kappa shape index (κ3) is 2.74. The maximum Gasteiger partial charge on any atom is 0.192 e. The average Bonchev–Trinajstić information content (AvgIpc) is 2.47. The molecule has 0 fully saturated rings. The van der Waals surface area contributed by atoms with E-state index in [0.29, 0.717) is 11.3 Å². The molecule has 4 nitrogen and oxygen atoms in total. The fraction of sp³-hybridized carbons (Fsp3) is 0. The molecule has 3 rings (SSSR count). The van der Waals surface area contributed by atoms with Crippen LogP contribution >= 0.6 is 0 Å². The molecule has 1 aromatic heterocycles. The summed E-state index contributed by atoms with van der Waals surface area (Å²) in [4.78, 5) is 14.7. The van der Waals surface area contributed by atoms with Crippen molar-refractivity contribution in [3.8, 4) is 11.3 Å². The second-order valence-electron chi connectivity index (χ2n) is 4.13. The van der Waals surface area contributed by atoms with Crippen molar-refractivity contribution in [1.82, 2.24) is 4.98 Å². The number of hydrogen-bond donors (Lipinski definition) is 0. The summed E-state index contributed by atoms with van der Waals surface area (Å²) in [6.45, 7) is 0. The van der Waals surface area contributed by atoms with Crippen LogP contribution < -0.4 is 0 Å². The molecular formula is C15H9IrN2O2-. The molecular weight excluding hydrogens is 432 g/mol. The van der Waals surface area contributed by atoms with Gasteiger partial charge in [0.05, 0.1) is 0 Å². The van der Waals surface area contributed by atoms with Crippen LogP contribution in [0.3, 0.4) is 0 Å². The Morgan fingerprint density at radius 2 is 1.85 bits per heavy atom. The standard InChI is InChI=1S/C15H9N2O2.Ir/c18-17(19)14-7-3-6-12(8-14)15-9-11-4-1-2-5-13(11)10-16-15;/h1-5,7-10H;/q-1;. The van der Waals surface area contributed by atoms with Crippen molar-refractivity contribution in [3.05, 3.63) is 70.9 Å². The van der Waals surface area contributed by atoms with Crippen molar-refractivity contribution in [2.45, 2.75) is 0 Å². The van der Waals surface area contributed by atoms with Crippen LogP contribution in [0.25, 0.3) is 22.0 Å². The number of aromatic nitrogens is 1. The van der Waals surface area contributed by atoms with E-state index < -0.39 is 4.92 Å². The second kappa shape index (κ2) is 5.90. The van der Waals surface area contributed by atoms with E-state index in [1.54, 1.807) is 12.3 Å². The van der Waals surface area contributed by atoms with Crippen molar-refractivity contribution in [3.63, 3.8) is 0 Å². The molecule has 101 valence electrons. The van der Waals surface area contributed by atoms with Crippen LogP contribution in [-0.2, 0) is 20.1 Å². The van der Waals surface area contributed by atoms with Gasteiger partial charge in [0.1, 0.15) is 0 Å². The number of rotatable bonds is 2. The first-order valence-corrected chi connectivity index (χ1v) is 5.75. The van der Waals surface area contributed by atoms with Crippen molar-refractivity contribution in [2.75, 3.05) is 0 Å². The minimum Gasteiger partial charge on any atom is -0.304 e. The Morgan fingerprint density at radius 3 is 2.60 bits per heavy atom. The Balaban J connectivity index is 0.00000147. The van der Waals surface area contributed by atoms with E-state index in [0.717, 1.165) is 10.8 Å². The predicted molar refractivity (Wildman–Crippen MR) is 72.7 cm³/mol. The first kappa shape index (κ1) is 14.3. The molecule has 0 saturated heterocycles. The molecule has 20 heavy (non-hydrogen) atoms.